The van der Waals surface area contributed by atoms with Crippen LogP contribution in [0, 0.1) is 24.2 Å². The number of Topliss-reactive ketones (excluding diaryl/α,β-unsaturated/α-hetero) is 1. The molecule has 5 rings (SSSR count). The van der Waals surface area contributed by atoms with E-state index >= 15 is 0 Å². The molecular formula is C27H27ClN2O3. The summed E-state index contributed by atoms with van der Waals surface area (Å²) in [4.78, 5) is 44.6. The van der Waals surface area contributed by atoms with Crippen molar-refractivity contribution < 1.29 is 14.4 Å². The standard InChI is InChI=1S/C27H27ClN2O3/c1-14-6-11-19-18(12-14)15(2)13-20-21-22(23(30(19)20)24(31)27(3,4)5)26(33)29(25(21)32)17-9-7-16(28)8-10-17/h6-13,20-23H,1-5H3/t20-,21+,22-,23-/m0/s1. The van der Waals surface area contributed by atoms with Gasteiger partial charge in [-0.15, -0.1) is 0 Å². The Morgan fingerprint density at radius 2 is 1.58 bits per heavy atom. The SMILES string of the molecule is CC1=C[C@H]2[C@H]3C(=O)N(c4ccc(Cl)cc4)C(=O)[C@@H]3[C@@H](C(=O)C(C)(C)C)N2c2ccc(C)cc21. The molecule has 0 aromatic heterocycles. The monoisotopic (exact) mass is 462 g/mol. The van der Waals surface area contributed by atoms with Crippen LogP contribution in [0.5, 0.6) is 0 Å². The predicted octanol–water partition coefficient (Wildman–Crippen LogP) is 5.04. The third-order valence-electron chi connectivity index (χ3n) is 7.10. The van der Waals surface area contributed by atoms with Gasteiger partial charge in [-0.05, 0) is 55.8 Å². The minimum atomic E-state index is -0.735. The molecule has 3 aliphatic rings. The van der Waals surface area contributed by atoms with Crippen LogP contribution in [0.4, 0.5) is 11.4 Å². The summed E-state index contributed by atoms with van der Waals surface area (Å²) in [6.45, 7) is 9.68. The van der Waals surface area contributed by atoms with Gasteiger partial charge in [0.1, 0.15) is 6.04 Å². The number of allylic oxidation sites excluding steroid dienone is 1. The summed E-state index contributed by atoms with van der Waals surface area (Å²) in [6, 6.07) is 11.8. The van der Waals surface area contributed by atoms with Gasteiger partial charge in [0.05, 0.1) is 23.6 Å². The minimum absolute atomic E-state index is 0.0291. The molecule has 3 aliphatic heterocycles. The first-order valence-corrected chi connectivity index (χ1v) is 11.6. The van der Waals surface area contributed by atoms with Crippen molar-refractivity contribution in [2.24, 2.45) is 17.3 Å². The van der Waals surface area contributed by atoms with Crippen molar-refractivity contribution in [3.63, 3.8) is 0 Å². The van der Waals surface area contributed by atoms with E-state index in [-0.39, 0.29) is 23.6 Å². The van der Waals surface area contributed by atoms with Crippen LogP contribution in [0.1, 0.15) is 38.8 Å². The van der Waals surface area contributed by atoms with Gasteiger partial charge in [0.25, 0.3) is 0 Å². The smallest absolute Gasteiger partial charge is 0.240 e. The molecule has 170 valence electrons. The zero-order valence-corrected chi connectivity index (χ0v) is 20.2. The summed E-state index contributed by atoms with van der Waals surface area (Å²) >= 11 is 6.02. The highest BCUT2D eigenvalue weighted by Gasteiger charge is 2.65. The molecule has 2 fully saturated rings. The number of carbonyl (C=O) groups excluding carboxylic acids is 3. The number of fused-ring (bicyclic) bond motifs is 5. The molecule has 4 atom stereocenters. The number of rotatable bonds is 2. The molecule has 0 spiro atoms. The van der Waals surface area contributed by atoms with Gasteiger partial charge < -0.3 is 4.90 Å². The molecule has 0 bridgehead atoms. The third-order valence-corrected chi connectivity index (χ3v) is 7.35. The van der Waals surface area contributed by atoms with Gasteiger partial charge in [0.15, 0.2) is 5.78 Å². The summed E-state index contributed by atoms with van der Waals surface area (Å²) in [5.41, 5.74) is 3.97. The Morgan fingerprint density at radius 1 is 0.939 bits per heavy atom. The molecule has 2 aromatic rings. The maximum absolute atomic E-state index is 13.8. The van der Waals surface area contributed by atoms with Crippen molar-refractivity contribution in [2.45, 2.75) is 46.7 Å². The number of halogens is 1. The van der Waals surface area contributed by atoms with Gasteiger partial charge >= 0.3 is 0 Å². The van der Waals surface area contributed by atoms with Crippen LogP contribution in [0.25, 0.3) is 5.57 Å². The van der Waals surface area contributed by atoms with Crippen LogP contribution in [-0.2, 0) is 14.4 Å². The van der Waals surface area contributed by atoms with E-state index in [2.05, 4.69) is 12.1 Å². The van der Waals surface area contributed by atoms with E-state index in [0.29, 0.717) is 10.7 Å². The molecule has 0 N–H and O–H groups in total. The fraction of sp³-hybridized carbons (Fsp3) is 0.370. The van der Waals surface area contributed by atoms with E-state index in [1.807, 2.05) is 51.7 Å². The Balaban J connectivity index is 1.68. The lowest BCUT2D eigenvalue weighted by molar-refractivity contribution is -0.132. The first-order valence-electron chi connectivity index (χ1n) is 11.3. The molecule has 2 aromatic carbocycles. The second kappa shape index (κ2) is 7.29. The second-order valence-electron chi connectivity index (χ2n) is 10.4. The third kappa shape index (κ3) is 3.17. The molecule has 2 amide bonds. The number of hydrogen-bond donors (Lipinski definition) is 0. The molecule has 0 unspecified atom stereocenters. The van der Waals surface area contributed by atoms with Crippen molar-refractivity contribution in [3.8, 4) is 0 Å². The van der Waals surface area contributed by atoms with Gasteiger partial charge in [0.2, 0.25) is 11.8 Å². The van der Waals surface area contributed by atoms with Crippen molar-refractivity contribution >= 4 is 46.1 Å². The van der Waals surface area contributed by atoms with E-state index in [0.717, 1.165) is 22.4 Å². The molecular weight excluding hydrogens is 436 g/mol. The summed E-state index contributed by atoms with van der Waals surface area (Å²) < 4.78 is 0. The molecule has 0 radical (unpaired) electrons. The van der Waals surface area contributed by atoms with E-state index < -0.39 is 23.3 Å². The Labute approximate surface area is 199 Å². The maximum Gasteiger partial charge on any atom is 0.240 e. The summed E-state index contributed by atoms with van der Waals surface area (Å²) in [5.74, 6) is -1.95. The number of carbonyl (C=O) groups is 3. The number of benzene rings is 2. The summed E-state index contributed by atoms with van der Waals surface area (Å²) in [7, 11) is 0. The van der Waals surface area contributed by atoms with Crippen molar-refractivity contribution in [3.05, 3.63) is 64.7 Å². The van der Waals surface area contributed by atoms with Crippen LogP contribution in [0.15, 0.2) is 48.5 Å². The lowest BCUT2D eigenvalue weighted by Gasteiger charge is -2.39. The van der Waals surface area contributed by atoms with Crippen molar-refractivity contribution in [1.82, 2.24) is 0 Å². The average molecular weight is 463 g/mol. The van der Waals surface area contributed by atoms with Gasteiger partial charge in [-0.1, -0.05) is 50.1 Å². The number of ketones is 1. The van der Waals surface area contributed by atoms with Gasteiger partial charge in [-0.2, -0.15) is 0 Å². The van der Waals surface area contributed by atoms with Crippen molar-refractivity contribution in [1.29, 1.82) is 0 Å². The Hall–Kier alpha value is -2.92. The Kier molecular flexibility index (Phi) is 4.84. The number of amides is 2. The molecule has 6 heteroatoms. The van der Waals surface area contributed by atoms with E-state index in [1.165, 1.54) is 4.90 Å². The minimum Gasteiger partial charge on any atom is -0.353 e. The first kappa shape index (κ1) is 21.9. The van der Waals surface area contributed by atoms with Crippen LogP contribution in [0.3, 0.4) is 0 Å². The number of hydrogen-bond acceptors (Lipinski definition) is 4. The highest BCUT2D eigenvalue weighted by Crippen LogP contribution is 2.51. The Morgan fingerprint density at radius 3 is 2.21 bits per heavy atom. The molecule has 0 saturated carbocycles. The number of imide groups is 1. The van der Waals surface area contributed by atoms with E-state index in [1.54, 1.807) is 24.3 Å². The van der Waals surface area contributed by atoms with Crippen LogP contribution >= 0.6 is 11.6 Å². The highest BCUT2D eigenvalue weighted by atomic mass is 35.5. The Bertz CT molecular complexity index is 1220. The van der Waals surface area contributed by atoms with Crippen LogP contribution < -0.4 is 9.80 Å². The number of aryl methyl sites for hydroxylation is 1. The highest BCUT2D eigenvalue weighted by molar-refractivity contribution is 6.31. The maximum atomic E-state index is 13.8. The molecule has 33 heavy (non-hydrogen) atoms. The van der Waals surface area contributed by atoms with E-state index in [4.69, 9.17) is 11.6 Å². The fourth-order valence-electron chi connectivity index (χ4n) is 5.54. The average Bonchev–Trinajstić information content (AvgIpc) is 3.21. The predicted molar refractivity (Wildman–Crippen MR) is 130 cm³/mol. The molecule has 5 nitrogen and oxygen atoms in total. The zero-order valence-electron chi connectivity index (χ0n) is 19.4. The quantitative estimate of drug-likeness (QED) is 0.586. The number of anilines is 2. The lowest BCUT2D eigenvalue weighted by Crippen LogP contribution is -2.51. The number of nitrogens with zero attached hydrogens (tertiary/aromatic N) is 2. The normalized spacial score (nSPS) is 26.2. The van der Waals surface area contributed by atoms with Crippen molar-refractivity contribution in [2.75, 3.05) is 9.80 Å². The molecule has 2 saturated heterocycles. The van der Waals surface area contributed by atoms with Crippen LogP contribution in [0.2, 0.25) is 5.02 Å². The largest absolute Gasteiger partial charge is 0.353 e. The zero-order chi connectivity index (χ0) is 23.8. The molecule has 0 aliphatic carbocycles. The first-order chi connectivity index (χ1) is 15.5. The molecule has 3 heterocycles. The van der Waals surface area contributed by atoms with Gasteiger partial charge in [-0.3, -0.25) is 14.4 Å². The van der Waals surface area contributed by atoms with Gasteiger partial charge in [0, 0.05) is 21.7 Å². The van der Waals surface area contributed by atoms with E-state index in [9.17, 15) is 14.4 Å². The summed E-state index contributed by atoms with van der Waals surface area (Å²) in [6.07, 6.45) is 2.06. The fourth-order valence-corrected chi connectivity index (χ4v) is 5.67. The van der Waals surface area contributed by atoms with Gasteiger partial charge in [-0.25, -0.2) is 4.90 Å². The van der Waals surface area contributed by atoms with Crippen LogP contribution in [-0.4, -0.2) is 29.7 Å². The lowest BCUT2D eigenvalue weighted by atomic mass is 9.79. The second-order valence-corrected chi connectivity index (χ2v) is 10.8. The summed E-state index contributed by atoms with van der Waals surface area (Å²) in [5, 5.41) is 0.530. The topological polar surface area (TPSA) is 57.7 Å².